The van der Waals surface area contributed by atoms with Gasteiger partial charge in [0.1, 0.15) is 5.82 Å². The molecule has 15 heavy (non-hydrogen) atoms. The molecule has 0 aliphatic heterocycles. The first kappa shape index (κ1) is 12.4. The van der Waals surface area contributed by atoms with E-state index in [0.717, 1.165) is 18.1 Å². The number of hydrogen-bond donors (Lipinski definition) is 1. The van der Waals surface area contributed by atoms with Crippen LogP contribution in [0.25, 0.3) is 0 Å². The summed E-state index contributed by atoms with van der Waals surface area (Å²) in [5.74, 6) is 1.99. The van der Waals surface area contributed by atoms with Gasteiger partial charge >= 0.3 is 0 Å². The Morgan fingerprint density at radius 1 is 1.33 bits per heavy atom. The molecule has 0 radical (unpaired) electrons. The fourth-order valence-corrected chi connectivity index (χ4v) is 1.87. The minimum Gasteiger partial charge on any atom is -0.370 e. The van der Waals surface area contributed by atoms with Gasteiger partial charge in [0.2, 0.25) is 0 Å². The zero-order valence-electron chi connectivity index (χ0n) is 10.0. The van der Waals surface area contributed by atoms with Gasteiger partial charge in [-0.05, 0) is 18.6 Å². The van der Waals surface area contributed by atoms with Crippen molar-refractivity contribution in [2.24, 2.45) is 0 Å². The highest BCUT2D eigenvalue weighted by molar-refractivity contribution is 7.99. The van der Waals surface area contributed by atoms with Crippen LogP contribution in [0.4, 0.5) is 5.82 Å². The van der Waals surface area contributed by atoms with Gasteiger partial charge in [-0.3, -0.25) is 0 Å². The van der Waals surface area contributed by atoms with E-state index in [9.17, 15) is 0 Å². The maximum atomic E-state index is 4.34. The van der Waals surface area contributed by atoms with Gasteiger partial charge in [0, 0.05) is 23.2 Å². The molecular weight excluding hydrogens is 204 g/mol. The average Bonchev–Trinajstić information content (AvgIpc) is 2.16. The summed E-state index contributed by atoms with van der Waals surface area (Å²) in [5, 5.41) is 3.19. The smallest absolute Gasteiger partial charge is 0.125 e. The lowest BCUT2D eigenvalue weighted by Crippen LogP contribution is -2.07. The Kier molecular flexibility index (Phi) is 4.45. The van der Waals surface area contributed by atoms with E-state index in [-0.39, 0.29) is 0 Å². The highest BCUT2D eigenvalue weighted by Gasteiger charge is 2.10. The third-order valence-electron chi connectivity index (χ3n) is 1.85. The number of aromatic nitrogens is 1. The van der Waals surface area contributed by atoms with Crippen LogP contribution < -0.4 is 5.32 Å². The Balaban J connectivity index is 2.50. The summed E-state index contributed by atoms with van der Waals surface area (Å²) < 4.78 is 0.320. The maximum absolute atomic E-state index is 4.34. The molecule has 2 nitrogen and oxygen atoms in total. The molecule has 1 heterocycles. The molecule has 0 aromatic carbocycles. The molecule has 1 aromatic rings. The van der Waals surface area contributed by atoms with Crippen molar-refractivity contribution in [2.45, 2.75) is 38.2 Å². The van der Waals surface area contributed by atoms with Crippen LogP contribution in [0.3, 0.4) is 0 Å². The standard InChI is InChI=1S/C12H20N2S/c1-5-13-11-7-6-10(8-14-11)9-15-12(2,3)4/h6-8H,5,9H2,1-4H3,(H,13,14). The van der Waals surface area contributed by atoms with Crippen molar-refractivity contribution < 1.29 is 0 Å². The van der Waals surface area contributed by atoms with Gasteiger partial charge in [-0.15, -0.1) is 0 Å². The van der Waals surface area contributed by atoms with Crippen LogP contribution in [0, 0.1) is 0 Å². The van der Waals surface area contributed by atoms with E-state index in [0.29, 0.717) is 4.75 Å². The van der Waals surface area contributed by atoms with Crippen LogP contribution >= 0.6 is 11.8 Å². The normalized spacial score (nSPS) is 11.5. The molecule has 0 bridgehead atoms. The fraction of sp³-hybridized carbons (Fsp3) is 0.583. The van der Waals surface area contributed by atoms with E-state index in [1.807, 2.05) is 24.0 Å². The van der Waals surface area contributed by atoms with Gasteiger partial charge in [-0.2, -0.15) is 11.8 Å². The molecule has 0 unspecified atom stereocenters. The van der Waals surface area contributed by atoms with E-state index < -0.39 is 0 Å². The summed E-state index contributed by atoms with van der Waals surface area (Å²) in [6, 6.07) is 4.19. The molecule has 3 heteroatoms. The van der Waals surface area contributed by atoms with Gasteiger partial charge in [0.05, 0.1) is 0 Å². The van der Waals surface area contributed by atoms with E-state index in [2.05, 4.69) is 44.1 Å². The second-order valence-corrected chi connectivity index (χ2v) is 6.29. The lowest BCUT2D eigenvalue weighted by atomic mass is 10.3. The van der Waals surface area contributed by atoms with Gasteiger partial charge < -0.3 is 5.32 Å². The minimum atomic E-state index is 0.320. The van der Waals surface area contributed by atoms with E-state index in [1.165, 1.54) is 5.56 Å². The predicted octanol–water partition coefficient (Wildman–Crippen LogP) is 3.55. The minimum absolute atomic E-state index is 0.320. The largest absolute Gasteiger partial charge is 0.370 e. The van der Waals surface area contributed by atoms with Crippen molar-refractivity contribution in [1.82, 2.24) is 4.98 Å². The Morgan fingerprint density at radius 2 is 2.07 bits per heavy atom. The number of nitrogens with one attached hydrogen (secondary N) is 1. The van der Waals surface area contributed by atoms with Crippen LogP contribution in [0.1, 0.15) is 33.3 Å². The molecule has 0 spiro atoms. The summed E-state index contributed by atoms with van der Waals surface area (Å²) in [6.45, 7) is 9.70. The van der Waals surface area contributed by atoms with Crippen molar-refractivity contribution in [3.8, 4) is 0 Å². The van der Waals surface area contributed by atoms with Gasteiger partial charge in [0.15, 0.2) is 0 Å². The SMILES string of the molecule is CCNc1ccc(CSC(C)(C)C)cn1. The van der Waals surface area contributed by atoms with Crippen molar-refractivity contribution in [1.29, 1.82) is 0 Å². The number of pyridine rings is 1. The number of rotatable bonds is 4. The van der Waals surface area contributed by atoms with Crippen LogP contribution in [0.15, 0.2) is 18.3 Å². The highest BCUT2D eigenvalue weighted by Crippen LogP contribution is 2.26. The van der Waals surface area contributed by atoms with E-state index in [4.69, 9.17) is 0 Å². The summed E-state index contributed by atoms with van der Waals surface area (Å²) in [5.41, 5.74) is 1.29. The number of hydrogen-bond acceptors (Lipinski definition) is 3. The van der Waals surface area contributed by atoms with E-state index in [1.54, 1.807) is 0 Å². The first-order chi connectivity index (χ1) is 7.01. The summed E-state index contributed by atoms with van der Waals surface area (Å²) in [7, 11) is 0. The van der Waals surface area contributed by atoms with Crippen LogP contribution in [0.2, 0.25) is 0 Å². The summed E-state index contributed by atoms with van der Waals surface area (Å²) >= 11 is 1.95. The van der Waals surface area contributed by atoms with E-state index >= 15 is 0 Å². The van der Waals surface area contributed by atoms with Crippen LogP contribution in [-0.4, -0.2) is 16.3 Å². The van der Waals surface area contributed by atoms with Gasteiger partial charge in [-0.1, -0.05) is 26.8 Å². The number of nitrogens with zero attached hydrogens (tertiary/aromatic N) is 1. The fourth-order valence-electron chi connectivity index (χ4n) is 1.10. The Morgan fingerprint density at radius 3 is 2.53 bits per heavy atom. The average molecular weight is 224 g/mol. The zero-order valence-corrected chi connectivity index (χ0v) is 10.8. The first-order valence-electron chi connectivity index (χ1n) is 5.34. The Hall–Kier alpha value is -0.700. The molecule has 0 saturated heterocycles. The second-order valence-electron chi connectivity index (χ2n) is 4.48. The molecule has 0 aliphatic rings. The lowest BCUT2D eigenvalue weighted by Gasteiger charge is -2.17. The molecule has 0 atom stereocenters. The predicted molar refractivity (Wildman–Crippen MR) is 69.4 cm³/mol. The molecule has 1 rings (SSSR count). The highest BCUT2D eigenvalue weighted by atomic mass is 32.2. The molecule has 0 amide bonds. The topological polar surface area (TPSA) is 24.9 Å². The van der Waals surface area contributed by atoms with Crippen molar-refractivity contribution in [3.63, 3.8) is 0 Å². The molecule has 1 aromatic heterocycles. The summed E-state index contributed by atoms with van der Waals surface area (Å²) in [6.07, 6.45) is 1.96. The van der Waals surface area contributed by atoms with Crippen molar-refractivity contribution >= 4 is 17.6 Å². The number of thioether (sulfide) groups is 1. The first-order valence-corrected chi connectivity index (χ1v) is 6.32. The van der Waals surface area contributed by atoms with Crippen molar-refractivity contribution in [3.05, 3.63) is 23.9 Å². The second kappa shape index (κ2) is 5.40. The molecule has 0 fully saturated rings. The van der Waals surface area contributed by atoms with Crippen molar-refractivity contribution in [2.75, 3.05) is 11.9 Å². The third kappa shape index (κ3) is 5.07. The maximum Gasteiger partial charge on any atom is 0.125 e. The number of anilines is 1. The molecule has 84 valence electrons. The molecular formula is C12H20N2S. The van der Waals surface area contributed by atoms with Gasteiger partial charge in [0.25, 0.3) is 0 Å². The molecule has 0 saturated carbocycles. The quantitative estimate of drug-likeness (QED) is 0.846. The zero-order chi connectivity index (χ0) is 11.3. The summed E-state index contributed by atoms with van der Waals surface area (Å²) in [4.78, 5) is 4.34. The molecule has 1 N–H and O–H groups in total. The monoisotopic (exact) mass is 224 g/mol. The Bertz CT molecular complexity index is 287. The third-order valence-corrected chi connectivity index (χ3v) is 3.20. The van der Waals surface area contributed by atoms with Gasteiger partial charge in [-0.25, -0.2) is 4.98 Å². The molecule has 0 aliphatic carbocycles. The van der Waals surface area contributed by atoms with Crippen LogP contribution in [0.5, 0.6) is 0 Å². The lowest BCUT2D eigenvalue weighted by molar-refractivity contribution is 0.802. The van der Waals surface area contributed by atoms with Crippen LogP contribution in [-0.2, 0) is 5.75 Å². The Labute approximate surface area is 96.9 Å².